The Bertz CT molecular complexity index is 571. The highest BCUT2D eigenvalue weighted by molar-refractivity contribution is 5.98. The second-order valence-corrected chi connectivity index (χ2v) is 5.20. The molecule has 0 saturated heterocycles. The van der Waals surface area contributed by atoms with Gasteiger partial charge in [0.05, 0.1) is 0 Å². The molecule has 6 heteroatoms. The summed E-state index contributed by atoms with van der Waals surface area (Å²) in [5, 5.41) is 2.10. The molecule has 0 aromatic heterocycles. The molecule has 0 aliphatic carbocycles. The summed E-state index contributed by atoms with van der Waals surface area (Å²) in [6, 6.07) is 5.57. The van der Waals surface area contributed by atoms with Gasteiger partial charge in [0.25, 0.3) is 5.91 Å². The standard InChI is InChI=1S/C15H19N3O3/c1-10(2-5-14(20)17-9-19)18-8-12-6-11(7-16)3-4-13(12)15(18)21/h3-4,6,9-10H,2,5,7-8,16H2,1H3,(H,17,19,20). The van der Waals surface area contributed by atoms with Crippen LogP contribution in [-0.4, -0.2) is 29.2 Å². The van der Waals surface area contributed by atoms with Crippen molar-refractivity contribution < 1.29 is 14.4 Å². The lowest BCUT2D eigenvalue weighted by molar-refractivity contribution is -0.125. The van der Waals surface area contributed by atoms with Crippen molar-refractivity contribution in [3.8, 4) is 0 Å². The number of hydrogen-bond acceptors (Lipinski definition) is 4. The third-order valence-corrected chi connectivity index (χ3v) is 3.78. The average Bonchev–Trinajstić information content (AvgIpc) is 2.81. The molecule has 1 heterocycles. The van der Waals surface area contributed by atoms with E-state index in [0.29, 0.717) is 31.5 Å². The Morgan fingerprint density at radius 3 is 2.95 bits per heavy atom. The SMILES string of the molecule is CC(CCC(=O)NC=O)N1Cc2cc(CN)ccc2C1=O. The number of carbonyl (C=O) groups excluding carboxylic acids is 3. The number of amides is 3. The van der Waals surface area contributed by atoms with Crippen LogP contribution in [0.25, 0.3) is 0 Å². The van der Waals surface area contributed by atoms with Crippen molar-refractivity contribution in [2.75, 3.05) is 0 Å². The van der Waals surface area contributed by atoms with Crippen molar-refractivity contribution in [2.24, 2.45) is 5.73 Å². The number of nitrogens with zero attached hydrogens (tertiary/aromatic N) is 1. The molecule has 1 aliphatic heterocycles. The fraction of sp³-hybridized carbons (Fsp3) is 0.400. The Hall–Kier alpha value is -2.21. The zero-order valence-electron chi connectivity index (χ0n) is 12.0. The molecule has 0 bridgehead atoms. The van der Waals surface area contributed by atoms with Crippen LogP contribution in [0, 0.1) is 0 Å². The minimum Gasteiger partial charge on any atom is -0.332 e. The molecule has 1 aliphatic rings. The van der Waals surface area contributed by atoms with E-state index in [1.807, 2.05) is 25.1 Å². The predicted octanol–water partition coefficient (Wildman–Crippen LogP) is 0.542. The largest absolute Gasteiger partial charge is 0.332 e. The van der Waals surface area contributed by atoms with Crippen LogP contribution in [0.15, 0.2) is 18.2 Å². The fourth-order valence-corrected chi connectivity index (χ4v) is 2.51. The lowest BCUT2D eigenvalue weighted by Gasteiger charge is -2.23. The number of fused-ring (bicyclic) bond motifs is 1. The lowest BCUT2D eigenvalue weighted by Crippen LogP contribution is -2.34. The van der Waals surface area contributed by atoms with Crippen LogP contribution >= 0.6 is 0 Å². The highest BCUT2D eigenvalue weighted by atomic mass is 16.2. The zero-order chi connectivity index (χ0) is 15.4. The number of carbonyl (C=O) groups is 3. The van der Waals surface area contributed by atoms with Gasteiger partial charge in [-0.1, -0.05) is 12.1 Å². The van der Waals surface area contributed by atoms with Gasteiger partial charge in [-0.25, -0.2) is 0 Å². The van der Waals surface area contributed by atoms with E-state index in [2.05, 4.69) is 5.32 Å². The summed E-state index contributed by atoms with van der Waals surface area (Å²) >= 11 is 0. The Morgan fingerprint density at radius 2 is 2.29 bits per heavy atom. The van der Waals surface area contributed by atoms with E-state index in [-0.39, 0.29) is 24.3 Å². The minimum absolute atomic E-state index is 0.0168. The van der Waals surface area contributed by atoms with Crippen molar-refractivity contribution >= 4 is 18.2 Å². The first-order valence-corrected chi connectivity index (χ1v) is 6.92. The summed E-state index contributed by atoms with van der Waals surface area (Å²) in [5.41, 5.74) is 8.30. The maximum absolute atomic E-state index is 12.3. The molecule has 3 amide bonds. The second kappa shape index (κ2) is 6.49. The van der Waals surface area contributed by atoms with Crippen LogP contribution in [0.2, 0.25) is 0 Å². The van der Waals surface area contributed by atoms with Crippen molar-refractivity contribution in [3.63, 3.8) is 0 Å². The second-order valence-electron chi connectivity index (χ2n) is 5.20. The topological polar surface area (TPSA) is 92.5 Å². The molecule has 0 fully saturated rings. The molecule has 1 aromatic carbocycles. The van der Waals surface area contributed by atoms with Crippen LogP contribution < -0.4 is 11.1 Å². The van der Waals surface area contributed by atoms with Crippen molar-refractivity contribution in [2.45, 2.75) is 38.9 Å². The van der Waals surface area contributed by atoms with Crippen LogP contribution in [0.1, 0.15) is 41.3 Å². The molecular weight excluding hydrogens is 270 g/mol. The number of nitrogens with one attached hydrogen (secondary N) is 1. The van der Waals surface area contributed by atoms with Crippen molar-refractivity contribution in [3.05, 3.63) is 34.9 Å². The molecule has 0 saturated carbocycles. The first kappa shape index (κ1) is 15.2. The van der Waals surface area contributed by atoms with Gasteiger partial charge in [-0.05, 0) is 30.5 Å². The van der Waals surface area contributed by atoms with Gasteiger partial charge in [0.2, 0.25) is 12.3 Å². The molecule has 1 unspecified atom stereocenters. The van der Waals surface area contributed by atoms with E-state index in [9.17, 15) is 14.4 Å². The van der Waals surface area contributed by atoms with Gasteiger partial charge < -0.3 is 10.6 Å². The normalized spacial score (nSPS) is 14.8. The van der Waals surface area contributed by atoms with Crippen LogP contribution in [-0.2, 0) is 22.7 Å². The summed E-state index contributed by atoms with van der Waals surface area (Å²) in [6.45, 7) is 2.89. The Labute approximate surface area is 123 Å². The molecule has 0 radical (unpaired) electrons. The summed E-state index contributed by atoms with van der Waals surface area (Å²) in [6.07, 6.45) is 1.11. The first-order chi connectivity index (χ1) is 10.1. The van der Waals surface area contributed by atoms with Crippen LogP contribution in [0.3, 0.4) is 0 Å². The quantitative estimate of drug-likeness (QED) is 0.748. The third kappa shape index (κ3) is 3.28. The molecule has 1 aromatic rings. The minimum atomic E-state index is -0.327. The smallest absolute Gasteiger partial charge is 0.254 e. The maximum Gasteiger partial charge on any atom is 0.254 e. The van der Waals surface area contributed by atoms with Gasteiger partial charge in [0.15, 0.2) is 0 Å². The summed E-state index contributed by atoms with van der Waals surface area (Å²) in [4.78, 5) is 35.6. The highest BCUT2D eigenvalue weighted by Gasteiger charge is 2.30. The number of hydrogen-bond donors (Lipinski definition) is 2. The number of nitrogens with two attached hydrogens (primary N) is 1. The third-order valence-electron chi connectivity index (χ3n) is 3.78. The molecular formula is C15H19N3O3. The maximum atomic E-state index is 12.3. The predicted molar refractivity (Wildman–Crippen MR) is 77.1 cm³/mol. The van der Waals surface area contributed by atoms with Crippen LogP contribution in [0.5, 0.6) is 0 Å². The van der Waals surface area contributed by atoms with Crippen molar-refractivity contribution in [1.29, 1.82) is 0 Å². The first-order valence-electron chi connectivity index (χ1n) is 6.92. The van der Waals surface area contributed by atoms with Gasteiger partial charge in [-0.2, -0.15) is 0 Å². The average molecular weight is 289 g/mol. The summed E-state index contributed by atoms with van der Waals surface area (Å²) in [5.74, 6) is -0.344. The molecule has 6 nitrogen and oxygen atoms in total. The summed E-state index contributed by atoms with van der Waals surface area (Å²) < 4.78 is 0. The molecule has 21 heavy (non-hydrogen) atoms. The monoisotopic (exact) mass is 289 g/mol. The molecule has 112 valence electrons. The number of imide groups is 1. The van der Waals surface area contributed by atoms with Gasteiger partial charge in [-0.15, -0.1) is 0 Å². The van der Waals surface area contributed by atoms with E-state index in [1.165, 1.54) is 0 Å². The molecule has 1 atom stereocenters. The van der Waals surface area contributed by atoms with E-state index in [1.54, 1.807) is 4.90 Å². The van der Waals surface area contributed by atoms with Gasteiger partial charge in [-0.3, -0.25) is 19.7 Å². The fourth-order valence-electron chi connectivity index (χ4n) is 2.51. The Balaban J connectivity index is 2.01. The molecule has 0 spiro atoms. The van der Waals surface area contributed by atoms with Gasteiger partial charge in [0.1, 0.15) is 0 Å². The van der Waals surface area contributed by atoms with Crippen LogP contribution in [0.4, 0.5) is 0 Å². The van der Waals surface area contributed by atoms with E-state index in [0.717, 1.165) is 11.1 Å². The summed E-state index contributed by atoms with van der Waals surface area (Å²) in [7, 11) is 0. The van der Waals surface area contributed by atoms with Gasteiger partial charge in [0, 0.05) is 31.1 Å². The Kier molecular flexibility index (Phi) is 4.70. The van der Waals surface area contributed by atoms with E-state index < -0.39 is 0 Å². The van der Waals surface area contributed by atoms with E-state index >= 15 is 0 Å². The Morgan fingerprint density at radius 1 is 1.52 bits per heavy atom. The number of benzene rings is 1. The zero-order valence-corrected chi connectivity index (χ0v) is 12.0. The van der Waals surface area contributed by atoms with Gasteiger partial charge >= 0.3 is 0 Å². The molecule has 2 rings (SSSR count). The highest BCUT2D eigenvalue weighted by Crippen LogP contribution is 2.26. The van der Waals surface area contributed by atoms with Crippen molar-refractivity contribution in [1.82, 2.24) is 10.2 Å². The van der Waals surface area contributed by atoms with E-state index in [4.69, 9.17) is 5.73 Å². The number of rotatable bonds is 6. The molecule has 3 N–H and O–H groups in total. The lowest BCUT2D eigenvalue weighted by atomic mass is 10.1.